The SMILES string of the molecule is O=C(NCCC[C@@H]1NC(=O)[C@H](CCCNC(=O)OCc2ccccc2)NC(=O)[C@@H]2CCCN2C(=O)[C@@H](Cc2ccccc2)NC(=O)[C@H](CCCNC(=O)OCc2ccccc2)NC(=O)[C@H](CCCNC(=O)OCc2ccccc2)NC(=O)[C@H](CCCNC(=O)OCc2ccccc2)NC(=O)[C@@H]2CCCN2C(=O)[C@@H](Cc2ccccc2)NC(=O)[C@H](CCCNC(=O)OCc2ccccc2)NC1=O)OCc1ccccc1. The Hall–Kier alpha value is -15.9. The number of nitrogens with one attached hydrogen (secondary N) is 14. The molecule has 8 aromatic rings. The first-order chi connectivity index (χ1) is 70.0. The van der Waals surface area contributed by atoms with Gasteiger partial charge < -0.3 is 113 Å². The predicted molar refractivity (Wildman–Crippen MR) is 528 cm³/mol. The molecule has 8 aromatic carbocycles. The molecular weight excluding hydrogens is 1850 g/mol. The predicted octanol–water partition coefficient (Wildman–Crippen LogP) is 8.59. The van der Waals surface area contributed by atoms with Gasteiger partial charge in [-0.2, -0.15) is 0 Å². The summed E-state index contributed by atoms with van der Waals surface area (Å²) >= 11 is 0. The third-order valence-corrected chi connectivity index (χ3v) is 24.2. The molecule has 764 valence electrons. The number of carbonyl (C=O) groups excluding carboxylic acids is 16. The first-order valence-electron chi connectivity index (χ1n) is 48.8. The maximum atomic E-state index is 15.9. The molecule has 0 bridgehead atoms. The summed E-state index contributed by atoms with van der Waals surface area (Å²) in [5, 5.41) is 38.7. The summed E-state index contributed by atoms with van der Waals surface area (Å²) < 4.78 is 32.9. The average molecular weight is 1980 g/mol. The highest BCUT2D eigenvalue weighted by molar-refractivity contribution is 6.00. The highest BCUT2D eigenvalue weighted by Gasteiger charge is 2.44. The number of hydrogen-bond acceptors (Lipinski definition) is 22. The monoisotopic (exact) mass is 1980 g/mol. The van der Waals surface area contributed by atoms with Gasteiger partial charge in [0.25, 0.3) is 0 Å². The van der Waals surface area contributed by atoms with Crippen LogP contribution < -0.4 is 74.4 Å². The number of nitrogens with zero attached hydrogens (tertiary/aromatic N) is 2. The van der Waals surface area contributed by atoms with Gasteiger partial charge in [0.05, 0.1) is 0 Å². The molecule has 0 aromatic heterocycles. The Balaban J connectivity index is 0.964. The molecule has 3 heterocycles. The Morgan fingerprint density at radius 1 is 0.229 bits per heavy atom. The maximum Gasteiger partial charge on any atom is 0.407 e. The molecular formula is C106H128N16O22. The Morgan fingerprint density at radius 3 is 0.583 bits per heavy atom. The lowest BCUT2D eigenvalue weighted by atomic mass is 10.0. The molecule has 3 saturated heterocycles. The zero-order chi connectivity index (χ0) is 102. The van der Waals surface area contributed by atoms with Crippen molar-refractivity contribution in [2.24, 2.45) is 0 Å². The molecule has 16 amide bonds. The molecule has 10 atom stereocenters. The smallest absolute Gasteiger partial charge is 0.407 e. The molecule has 0 saturated carbocycles. The average Bonchev–Trinajstić information content (AvgIpc) is 1.71. The second-order valence-corrected chi connectivity index (χ2v) is 35.0. The highest BCUT2D eigenvalue weighted by Crippen LogP contribution is 2.25. The van der Waals surface area contributed by atoms with Gasteiger partial charge in [-0.05, 0) is 147 Å². The van der Waals surface area contributed by atoms with E-state index in [0.29, 0.717) is 44.5 Å². The van der Waals surface area contributed by atoms with E-state index in [1.165, 1.54) is 9.80 Å². The number of alkyl carbamates (subject to hydrolysis) is 6. The standard InChI is InChI=1S/C106H128N16O22/c123-91-81(49-25-57-107-101(133)139-67-75-37-13-3-14-38-75)113-94(126)86(54-30-62-112-106(138)144-72-80-47-23-8-24-48-80)118-98(130)90-56-32-64-122(90)100(132)88(66-74-35-11-2-12-36-74)120-96(128)84(52-28-60-110-104(136)142-70-78-43-19-6-20-44-78)116-92(124)82(50-26-58-108-102(134)140-68-76-39-15-4-16-40-76)114-93(125)85(53-29-61-111-105(137)143-71-79-45-21-7-22-46-79)117-97(129)89-55-31-63-121(89)99(131)87(65-73-33-9-1-10-34-73)119-95(127)83(115-91)51-27-59-109-103(135)141-69-77-41-17-5-18-42-77/h1-24,33-48,81-90H,25-32,49-72H2,(H,107,133)(H,108,134)(H,109,135)(H,110,136)(H,111,137)(H,112,138)(H,113,126)(H,114,125)(H,115,123)(H,116,124)(H,117,129)(H,118,130)(H,119,127)(H,120,128)/t81-,82-,83-,84-,85-,86-,87+,88+,89-,90-/m0/s1. The molecule has 38 heteroatoms. The van der Waals surface area contributed by atoms with E-state index in [0.717, 1.165) is 0 Å². The zero-order valence-corrected chi connectivity index (χ0v) is 80.4. The van der Waals surface area contributed by atoms with E-state index >= 15 is 47.9 Å². The van der Waals surface area contributed by atoms with Gasteiger partial charge in [0.15, 0.2) is 0 Å². The summed E-state index contributed by atoms with van der Waals surface area (Å²) in [6, 6.07) is 54.8. The minimum Gasteiger partial charge on any atom is -0.445 e. The third kappa shape index (κ3) is 37.9. The largest absolute Gasteiger partial charge is 0.445 e. The fraction of sp³-hybridized carbons (Fsp3) is 0.396. The molecule has 3 aliphatic heterocycles. The van der Waals surface area contributed by atoms with Crippen molar-refractivity contribution in [1.82, 2.24) is 84.2 Å². The van der Waals surface area contributed by atoms with Crippen LogP contribution in [0.15, 0.2) is 243 Å². The Kier molecular flexibility index (Phi) is 44.9. The fourth-order valence-corrected chi connectivity index (χ4v) is 16.5. The molecule has 0 spiro atoms. The molecule has 14 N–H and O–H groups in total. The van der Waals surface area contributed by atoms with Crippen LogP contribution in [0.1, 0.15) is 147 Å². The number of amides is 16. The van der Waals surface area contributed by atoms with Gasteiger partial charge in [0.1, 0.15) is 100 Å². The Bertz CT molecular complexity index is 5130. The number of rotatable bonds is 40. The van der Waals surface area contributed by atoms with E-state index in [-0.39, 0.29) is 208 Å². The van der Waals surface area contributed by atoms with Gasteiger partial charge in [-0.15, -0.1) is 0 Å². The van der Waals surface area contributed by atoms with Crippen LogP contribution in [0.5, 0.6) is 0 Å². The summed E-state index contributed by atoms with van der Waals surface area (Å²) in [7, 11) is 0. The number of fused-ring (bicyclic) bond motifs is 2. The van der Waals surface area contributed by atoms with E-state index in [4.69, 9.17) is 28.4 Å². The van der Waals surface area contributed by atoms with Crippen LogP contribution in [0.25, 0.3) is 0 Å². The van der Waals surface area contributed by atoms with Crippen molar-refractivity contribution in [2.45, 2.75) is 216 Å². The van der Waals surface area contributed by atoms with E-state index in [1.807, 2.05) is 0 Å². The van der Waals surface area contributed by atoms with E-state index < -0.39 is 156 Å². The van der Waals surface area contributed by atoms with Crippen molar-refractivity contribution >= 4 is 95.6 Å². The zero-order valence-electron chi connectivity index (χ0n) is 80.4. The maximum absolute atomic E-state index is 15.9. The number of hydrogen-bond donors (Lipinski definition) is 14. The van der Waals surface area contributed by atoms with Crippen LogP contribution in [-0.2, 0) is 129 Å². The van der Waals surface area contributed by atoms with Crippen LogP contribution in [0.4, 0.5) is 28.8 Å². The topological polar surface area (TPSA) is 503 Å². The third-order valence-electron chi connectivity index (χ3n) is 24.2. The van der Waals surface area contributed by atoms with Gasteiger partial charge in [-0.1, -0.05) is 243 Å². The van der Waals surface area contributed by atoms with Crippen molar-refractivity contribution in [3.8, 4) is 0 Å². The first-order valence-corrected chi connectivity index (χ1v) is 48.8. The molecule has 0 aliphatic carbocycles. The Morgan fingerprint density at radius 2 is 0.396 bits per heavy atom. The lowest BCUT2D eigenvalue weighted by molar-refractivity contribution is -0.143. The normalized spacial score (nSPS) is 19.4. The van der Waals surface area contributed by atoms with Crippen molar-refractivity contribution in [3.05, 3.63) is 287 Å². The lowest BCUT2D eigenvalue weighted by Gasteiger charge is -2.32. The van der Waals surface area contributed by atoms with Crippen LogP contribution in [0.3, 0.4) is 0 Å². The van der Waals surface area contributed by atoms with Crippen LogP contribution in [0, 0.1) is 0 Å². The minimum absolute atomic E-state index is 0.00498. The Labute approximate surface area is 835 Å². The molecule has 38 nitrogen and oxygen atoms in total. The minimum atomic E-state index is -1.64. The summed E-state index contributed by atoms with van der Waals surface area (Å²) in [4.78, 5) is 239. The summed E-state index contributed by atoms with van der Waals surface area (Å²) in [6.07, 6.45) is -6.85. The molecule has 11 rings (SSSR count). The number of ether oxygens (including phenoxy) is 6. The van der Waals surface area contributed by atoms with Crippen molar-refractivity contribution < 1.29 is 105 Å². The van der Waals surface area contributed by atoms with E-state index in [2.05, 4.69) is 74.4 Å². The molecule has 3 fully saturated rings. The number of benzene rings is 8. The van der Waals surface area contributed by atoms with E-state index in [9.17, 15) is 28.8 Å². The van der Waals surface area contributed by atoms with Crippen molar-refractivity contribution in [1.29, 1.82) is 0 Å². The second-order valence-electron chi connectivity index (χ2n) is 35.0. The van der Waals surface area contributed by atoms with Crippen LogP contribution in [-0.4, -0.2) is 218 Å². The number of carbonyl (C=O) groups is 16. The van der Waals surface area contributed by atoms with Crippen molar-refractivity contribution in [2.75, 3.05) is 52.4 Å². The fourth-order valence-electron chi connectivity index (χ4n) is 16.5. The van der Waals surface area contributed by atoms with Gasteiger partial charge in [-0.3, -0.25) is 47.9 Å². The highest BCUT2D eigenvalue weighted by atomic mass is 16.6. The summed E-state index contributed by atoms with van der Waals surface area (Å²) in [5.41, 5.74) is 5.20. The summed E-state index contributed by atoms with van der Waals surface area (Å²) in [6.45, 7) is -1.56. The molecule has 3 aliphatic rings. The quantitative estimate of drug-likeness (QED) is 0.0126. The second kappa shape index (κ2) is 59.6. The van der Waals surface area contributed by atoms with E-state index in [1.54, 1.807) is 243 Å². The van der Waals surface area contributed by atoms with Gasteiger partial charge in [-0.25, -0.2) is 28.8 Å². The first kappa shape index (κ1) is 108. The van der Waals surface area contributed by atoms with Crippen LogP contribution in [0.2, 0.25) is 0 Å². The van der Waals surface area contributed by atoms with Crippen molar-refractivity contribution in [3.63, 3.8) is 0 Å². The van der Waals surface area contributed by atoms with Gasteiger partial charge in [0, 0.05) is 65.2 Å². The van der Waals surface area contributed by atoms with Crippen LogP contribution >= 0.6 is 0 Å². The molecule has 0 unspecified atom stereocenters. The summed E-state index contributed by atoms with van der Waals surface area (Å²) in [5.74, 6) is -9.13. The molecule has 0 radical (unpaired) electrons. The molecule has 144 heavy (non-hydrogen) atoms. The lowest BCUT2D eigenvalue weighted by Crippen LogP contribution is -2.61. The van der Waals surface area contributed by atoms with Gasteiger partial charge in [0.2, 0.25) is 59.1 Å². The van der Waals surface area contributed by atoms with Gasteiger partial charge >= 0.3 is 36.6 Å².